The maximum Gasteiger partial charge on any atom is 0.353 e. The van der Waals surface area contributed by atoms with E-state index >= 15 is 0 Å². The molecule has 0 spiro atoms. The van der Waals surface area contributed by atoms with Gasteiger partial charge in [0.1, 0.15) is 5.70 Å². The highest BCUT2D eigenvalue weighted by molar-refractivity contribution is 8.03. The number of nitrogens with one attached hydrogen (secondary N) is 1. The molecule has 9 nitrogen and oxygen atoms in total. The summed E-state index contributed by atoms with van der Waals surface area (Å²) in [6.45, 7) is 7.98. The van der Waals surface area contributed by atoms with E-state index in [2.05, 4.69) is 4.90 Å². The van der Waals surface area contributed by atoms with Gasteiger partial charge in [0.15, 0.2) is 5.96 Å². The SMILES string of the molecule is C[C@@H](O)[C@H]1C(=O)N2C(C(=O)O)=C(SC3CN(C[C@@H]4CCN(C(=N)N)C4)C3)[C@H](C)[C@H]12. The third-order valence-electron chi connectivity index (χ3n) is 6.67. The number of carboxylic acids is 1. The van der Waals surface area contributed by atoms with Crippen molar-refractivity contribution < 1.29 is 19.8 Å². The summed E-state index contributed by atoms with van der Waals surface area (Å²) >= 11 is 1.59. The number of carbonyl (C=O) groups is 2. The second-order valence-electron chi connectivity index (χ2n) is 8.72. The molecule has 4 aliphatic heterocycles. The van der Waals surface area contributed by atoms with Gasteiger partial charge in [0.25, 0.3) is 0 Å². The molecular weight excluding hydrogens is 394 g/mol. The number of hydrogen-bond donors (Lipinski definition) is 4. The fourth-order valence-corrected chi connectivity index (χ4v) is 6.75. The summed E-state index contributed by atoms with van der Waals surface area (Å²) in [5.74, 6) is -1.28. The van der Waals surface area contributed by atoms with E-state index in [9.17, 15) is 19.8 Å². The smallest absolute Gasteiger partial charge is 0.353 e. The summed E-state index contributed by atoms with van der Waals surface area (Å²) in [4.78, 5) is 30.7. The lowest BCUT2D eigenvalue weighted by atomic mass is 9.79. The summed E-state index contributed by atoms with van der Waals surface area (Å²) < 4.78 is 0. The lowest BCUT2D eigenvalue weighted by Gasteiger charge is -2.46. The highest BCUT2D eigenvalue weighted by Crippen LogP contribution is 2.51. The zero-order valence-electron chi connectivity index (χ0n) is 16.7. The van der Waals surface area contributed by atoms with E-state index in [1.807, 2.05) is 11.8 Å². The van der Waals surface area contributed by atoms with Gasteiger partial charge < -0.3 is 30.6 Å². The quantitative estimate of drug-likeness (QED) is 0.262. The summed E-state index contributed by atoms with van der Waals surface area (Å²) in [6.07, 6.45) is 0.268. The Kier molecular flexibility index (Phi) is 5.28. The Bertz CT molecular complexity index is 766. The van der Waals surface area contributed by atoms with Crippen molar-refractivity contribution in [3.05, 3.63) is 10.6 Å². The predicted octanol–water partition coefficient (Wildman–Crippen LogP) is -0.227. The standard InChI is InChI=1S/C19H29N5O4S/c1-9-14-13(10(2)25)17(26)24(14)15(18(27)28)16(9)29-12-7-22(8-12)5-11-3-4-23(6-11)19(20)21/h9-14,25H,3-8H2,1-2H3,(H3,20,21)(H,27,28)/t9-,10-,11+,13-,14-/m1/s1. The first-order valence-corrected chi connectivity index (χ1v) is 11.0. The zero-order chi connectivity index (χ0) is 21.0. The number of nitrogens with two attached hydrogens (primary N) is 1. The molecule has 4 aliphatic rings. The Labute approximate surface area is 174 Å². The summed E-state index contributed by atoms with van der Waals surface area (Å²) in [5, 5.41) is 27.5. The van der Waals surface area contributed by atoms with Crippen molar-refractivity contribution in [1.29, 1.82) is 5.41 Å². The summed E-state index contributed by atoms with van der Waals surface area (Å²) in [5.41, 5.74) is 5.67. The van der Waals surface area contributed by atoms with Crippen LogP contribution in [-0.4, -0.2) is 92.9 Å². The van der Waals surface area contributed by atoms with Crippen LogP contribution in [0, 0.1) is 23.2 Å². The summed E-state index contributed by atoms with van der Waals surface area (Å²) in [7, 11) is 0. The van der Waals surface area contributed by atoms with Gasteiger partial charge in [-0.1, -0.05) is 6.92 Å². The van der Waals surface area contributed by atoms with Gasteiger partial charge in [-0.3, -0.25) is 10.2 Å². The van der Waals surface area contributed by atoms with E-state index in [0.717, 1.165) is 44.0 Å². The summed E-state index contributed by atoms with van der Waals surface area (Å²) in [6, 6.07) is -0.247. The average Bonchev–Trinajstić information content (AvgIpc) is 3.15. The number of nitrogens with zero attached hydrogens (tertiary/aromatic N) is 3. The van der Waals surface area contributed by atoms with Gasteiger partial charge in [0, 0.05) is 48.8 Å². The third kappa shape index (κ3) is 3.40. The number of thioether (sulfide) groups is 1. The molecular formula is C19H29N5O4S. The Morgan fingerprint density at radius 3 is 2.62 bits per heavy atom. The van der Waals surface area contributed by atoms with Crippen LogP contribution in [0.15, 0.2) is 10.6 Å². The van der Waals surface area contributed by atoms with E-state index in [1.165, 1.54) is 4.90 Å². The lowest BCUT2D eigenvalue weighted by molar-refractivity contribution is -0.163. The minimum atomic E-state index is -1.06. The molecule has 0 unspecified atom stereocenters. The van der Waals surface area contributed by atoms with Crippen LogP contribution in [0.2, 0.25) is 0 Å². The van der Waals surface area contributed by atoms with E-state index in [-0.39, 0.29) is 29.5 Å². The van der Waals surface area contributed by atoms with E-state index in [1.54, 1.807) is 18.7 Å². The van der Waals surface area contributed by atoms with Crippen molar-refractivity contribution >= 4 is 29.6 Å². The molecule has 5 N–H and O–H groups in total. The Morgan fingerprint density at radius 1 is 1.38 bits per heavy atom. The number of β-lactam (4-membered cyclic amide) rings is 1. The molecule has 0 aromatic heterocycles. The molecule has 4 rings (SSSR count). The van der Waals surface area contributed by atoms with Crippen LogP contribution in [0.25, 0.3) is 0 Å². The molecule has 1 amide bonds. The molecule has 5 atom stereocenters. The molecule has 160 valence electrons. The number of likely N-dealkylation sites (tertiary alicyclic amines) is 2. The number of aliphatic hydroxyl groups excluding tert-OH is 1. The van der Waals surface area contributed by atoms with Crippen LogP contribution in [0.4, 0.5) is 0 Å². The van der Waals surface area contributed by atoms with Gasteiger partial charge in [-0.05, 0) is 19.3 Å². The monoisotopic (exact) mass is 423 g/mol. The Balaban J connectivity index is 1.35. The molecule has 0 aromatic carbocycles. The first-order valence-electron chi connectivity index (χ1n) is 10.2. The van der Waals surface area contributed by atoms with Crippen molar-refractivity contribution in [1.82, 2.24) is 14.7 Å². The number of fused-ring (bicyclic) bond motifs is 1. The number of rotatable bonds is 6. The fraction of sp³-hybridized carbons (Fsp3) is 0.737. The van der Waals surface area contributed by atoms with Crippen molar-refractivity contribution in [2.24, 2.45) is 23.5 Å². The van der Waals surface area contributed by atoms with Crippen molar-refractivity contribution in [3.8, 4) is 0 Å². The highest BCUT2D eigenvalue weighted by atomic mass is 32.2. The molecule has 10 heteroatoms. The van der Waals surface area contributed by atoms with Crippen LogP contribution in [0.3, 0.4) is 0 Å². The highest BCUT2D eigenvalue weighted by Gasteiger charge is 2.60. The first kappa shape index (κ1) is 20.5. The van der Waals surface area contributed by atoms with Crippen LogP contribution >= 0.6 is 11.8 Å². The fourth-order valence-electron chi connectivity index (χ4n) is 5.17. The lowest BCUT2D eigenvalue weighted by Crippen LogP contribution is -2.63. The molecule has 3 saturated heterocycles. The predicted molar refractivity (Wildman–Crippen MR) is 109 cm³/mol. The number of aliphatic hydroxyl groups is 1. The van der Waals surface area contributed by atoms with E-state index < -0.39 is 18.0 Å². The molecule has 0 aromatic rings. The Hall–Kier alpha value is -1.78. The van der Waals surface area contributed by atoms with Gasteiger partial charge >= 0.3 is 5.97 Å². The van der Waals surface area contributed by atoms with Crippen LogP contribution in [0.5, 0.6) is 0 Å². The van der Waals surface area contributed by atoms with Crippen molar-refractivity contribution in [3.63, 3.8) is 0 Å². The van der Waals surface area contributed by atoms with Gasteiger partial charge in [0.2, 0.25) is 5.91 Å². The number of carboxylic acid groups (broad SMARTS) is 1. The molecule has 0 bridgehead atoms. The maximum atomic E-state index is 12.4. The number of guanidine groups is 1. The molecule has 0 radical (unpaired) electrons. The van der Waals surface area contributed by atoms with Crippen molar-refractivity contribution in [2.45, 2.75) is 37.7 Å². The van der Waals surface area contributed by atoms with Crippen LogP contribution in [0.1, 0.15) is 20.3 Å². The normalized spacial score (nSPS) is 33.6. The van der Waals surface area contributed by atoms with Crippen molar-refractivity contribution in [2.75, 3.05) is 32.7 Å². The Morgan fingerprint density at radius 2 is 2.07 bits per heavy atom. The van der Waals surface area contributed by atoms with Crippen LogP contribution < -0.4 is 5.73 Å². The number of aliphatic carboxylic acids is 1. The number of hydrogen-bond acceptors (Lipinski definition) is 6. The minimum absolute atomic E-state index is 0.0728. The van der Waals surface area contributed by atoms with Gasteiger partial charge in [0.05, 0.1) is 18.1 Å². The van der Waals surface area contributed by atoms with Gasteiger partial charge in [-0.2, -0.15) is 0 Å². The molecule has 29 heavy (non-hydrogen) atoms. The first-order chi connectivity index (χ1) is 13.7. The van der Waals surface area contributed by atoms with Gasteiger partial charge in [-0.15, -0.1) is 11.8 Å². The number of carbonyl (C=O) groups excluding carboxylic acids is 1. The molecule has 0 saturated carbocycles. The second kappa shape index (κ2) is 7.48. The zero-order valence-corrected chi connectivity index (χ0v) is 17.6. The maximum absolute atomic E-state index is 12.4. The molecule has 0 aliphatic carbocycles. The number of amides is 1. The van der Waals surface area contributed by atoms with E-state index in [0.29, 0.717) is 11.2 Å². The van der Waals surface area contributed by atoms with Crippen LogP contribution in [-0.2, 0) is 9.59 Å². The van der Waals surface area contributed by atoms with E-state index in [4.69, 9.17) is 11.1 Å². The second-order valence-corrected chi connectivity index (χ2v) is 10.1. The molecule has 3 fully saturated rings. The third-order valence-corrected chi connectivity index (χ3v) is 8.12. The topological polar surface area (TPSA) is 134 Å². The minimum Gasteiger partial charge on any atom is -0.477 e. The molecule has 4 heterocycles. The average molecular weight is 424 g/mol. The largest absolute Gasteiger partial charge is 0.477 e. The van der Waals surface area contributed by atoms with Gasteiger partial charge in [-0.25, -0.2) is 4.79 Å².